The van der Waals surface area contributed by atoms with E-state index in [1.165, 1.54) is 5.56 Å². The van der Waals surface area contributed by atoms with E-state index in [4.69, 9.17) is 9.84 Å². The molecule has 1 fully saturated rings. The van der Waals surface area contributed by atoms with Gasteiger partial charge in [0.2, 0.25) is 0 Å². The molecule has 6 heteroatoms. The van der Waals surface area contributed by atoms with Crippen LogP contribution in [-0.2, 0) is 11.4 Å². The predicted molar refractivity (Wildman–Crippen MR) is 105 cm³/mol. The highest BCUT2D eigenvalue weighted by Crippen LogP contribution is 2.36. The number of rotatable bonds is 6. The first-order valence-electron chi connectivity index (χ1n) is 9.59. The van der Waals surface area contributed by atoms with Crippen molar-refractivity contribution in [2.45, 2.75) is 38.2 Å². The Balaban J connectivity index is 1.35. The van der Waals surface area contributed by atoms with Gasteiger partial charge in [-0.05, 0) is 60.9 Å². The summed E-state index contributed by atoms with van der Waals surface area (Å²) in [4.78, 5) is 15.5. The van der Waals surface area contributed by atoms with Gasteiger partial charge >= 0.3 is 5.97 Å². The van der Waals surface area contributed by atoms with Crippen LogP contribution < -0.4 is 4.74 Å². The smallest absolute Gasteiger partial charge is 0.306 e. The minimum atomic E-state index is -0.659. The number of aromatic amines is 1. The zero-order valence-corrected chi connectivity index (χ0v) is 15.5. The summed E-state index contributed by atoms with van der Waals surface area (Å²) in [5.41, 5.74) is 4.08. The number of nitrogens with one attached hydrogen (secondary N) is 1. The predicted octanol–water partition coefficient (Wildman–Crippen LogP) is 4.41. The summed E-state index contributed by atoms with van der Waals surface area (Å²) in [5, 5.41) is 16.0. The van der Waals surface area contributed by atoms with Crippen LogP contribution in [0.1, 0.15) is 42.7 Å². The average molecular weight is 377 g/mol. The number of aromatic nitrogens is 3. The summed E-state index contributed by atoms with van der Waals surface area (Å²) >= 11 is 0. The molecule has 2 aromatic heterocycles. The number of hydrogen-bond donors (Lipinski definition) is 2. The number of ether oxygens (including phenoxy) is 1. The van der Waals surface area contributed by atoms with Gasteiger partial charge in [0.25, 0.3) is 0 Å². The van der Waals surface area contributed by atoms with Crippen molar-refractivity contribution in [2.24, 2.45) is 5.92 Å². The Morgan fingerprint density at radius 1 is 1.14 bits per heavy atom. The molecule has 1 aliphatic rings. The molecule has 2 heterocycles. The number of hydrogen-bond acceptors (Lipinski definition) is 4. The number of benzene rings is 1. The number of carbonyl (C=O) groups is 1. The summed E-state index contributed by atoms with van der Waals surface area (Å²) in [6.45, 7) is 0.476. The molecule has 2 N–H and O–H groups in total. The largest absolute Gasteiger partial charge is 0.487 e. The number of pyridine rings is 1. The Morgan fingerprint density at radius 3 is 2.68 bits per heavy atom. The third kappa shape index (κ3) is 4.22. The van der Waals surface area contributed by atoms with Crippen LogP contribution in [0.2, 0.25) is 0 Å². The molecule has 0 amide bonds. The average Bonchev–Trinajstić information content (AvgIpc) is 3.28. The van der Waals surface area contributed by atoms with Gasteiger partial charge in [-0.1, -0.05) is 24.3 Å². The number of H-pyrrole nitrogens is 1. The van der Waals surface area contributed by atoms with E-state index in [-0.39, 0.29) is 5.92 Å². The molecule has 0 spiro atoms. The topological polar surface area (TPSA) is 88.1 Å². The lowest BCUT2D eigenvalue weighted by Crippen LogP contribution is -2.20. The molecule has 1 aromatic carbocycles. The molecule has 0 radical (unpaired) electrons. The second-order valence-electron chi connectivity index (χ2n) is 7.27. The van der Waals surface area contributed by atoms with Crippen molar-refractivity contribution in [3.05, 3.63) is 66.0 Å². The van der Waals surface area contributed by atoms with Gasteiger partial charge < -0.3 is 9.84 Å². The molecular formula is C22H23N3O3. The van der Waals surface area contributed by atoms with Gasteiger partial charge in [-0.2, -0.15) is 5.10 Å². The first kappa shape index (κ1) is 18.2. The first-order chi connectivity index (χ1) is 13.7. The summed E-state index contributed by atoms with van der Waals surface area (Å²) in [6.07, 6.45) is 6.79. The molecule has 0 bridgehead atoms. The first-order valence-corrected chi connectivity index (χ1v) is 9.59. The molecule has 6 nitrogen and oxygen atoms in total. The van der Waals surface area contributed by atoms with Crippen LogP contribution in [0.4, 0.5) is 0 Å². The second-order valence-corrected chi connectivity index (χ2v) is 7.27. The highest BCUT2D eigenvalue weighted by molar-refractivity contribution is 5.70. The van der Waals surface area contributed by atoms with Crippen molar-refractivity contribution < 1.29 is 14.6 Å². The van der Waals surface area contributed by atoms with Crippen molar-refractivity contribution >= 4 is 5.97 Å². The zero-order valence-electron chi connectivity index (χ0n) is 15.5. The Hall–Kier alpha value is -3.15. The van der Waals surface area contributed by atoms with Crippen LogP contribution in [0.25, 0.3) is 11.4 Å². The Morgan fingerprint density at radius 2 is 2.00 bits per heavy atom. The van der Waals surface area contributed by atoms with Gasteiger partial charge in [0, 0.05) is 6.20 Å². The van der Waals surface area contributed by atoms with E-state index >= 15 is 0 Å². The van der Waals surface area contributed by atoms with E-state index in [0.717, 1.165) is 48.4 Å². The quantitative estimate of drug-likeness (QED) is 0.664. The standard InChI is InChI=1S/C22H23N3O3/c26-22(27)17-6-4-16(5-7-17)18-3-1-2-15(12-18)14-28-19-8-9-20(23-13-19)21-10-11-24-25-21/h1-3,8-13,16-17H,4-7,14H2,(H,24,25)(H,26,27). The van der Waals surface area contributed by atoms with Crippen LogP contribution in [0, 0.1) is 5.92 Å². The maximum absolute atomic E-state index is 11.1. The molecular weight excluding hydrogens is 354 g/mol. The minimum Gasteiger partial charge on any atom is -0.487 e. The van der Waals surface area contributed by atoms with Crippen molar-refractivity contribution in [1.82, 2.24) is 15.2 Å². The third-order valence-corrected chi connectivity index (χ3v) is 5.42. The molecule has 0 saturated heterocycles. The van der Waals surface area contributed by atoms with E-state index in [1.54, 1.807) is 12.4 Å². The number of carboxylic acid groups (broad SMARTS) is 1. The van der Waals surface area contributed by atoms with Crippen LogP contribution in [0.15, 0.2) is 54.9 Å². The highest BCUT2D eigenvalue weighted by Gasteiger charge is 2.26. The fraction of sp³-hybridized carbons (Fsp3) is 0.318. The van der Waals surface area contributed by atoms with Crippen LogP contribution in [0.5, 0.6) is 5.75 Å². The molecule has 4 rings (SSSR count). The Kier molecular flexibility index (Phi) is 5.37. The Labute approximate surface area is 163 Å². The van der Waals surface area contributed by atoms with E-state index in [0.29, 0.717) is 12.5 Å². The molecule has 1 saturated carbocycles. The highest BCUT2D eigenvalue weighted by atomic mass is 16.5. The normalized spacial score (nSPS) is 19.3. The molecule has 28 heavy (non-hydrogen) atoms. The van der Waals surface area contributed by atoms with Gasteiger partial charge in [0.1, 0.15) is 12.4 Å². The maximum Gasteiger partial charge on any atom is 0.306 e. The second kappa shape index (κ2) is 8.25. The molecule has 1 aliphatic carbocycles. The summed E-state index contributed by atoms with van der Waals surface area (Å²) in [6, 6.07) is 14.1. The van der Waals surface area contributed by atoms with E-state index in [9.17, 15) is 4.79 Å². The van der Waals surface area contributed by atoms with Crippen LogP contribution in [-0.4, -0.2) is 26.3 Å². The SMILES string of the molecule is O=C(O)C1CCC(c2cccc(COc3ccc(-c4ccn[nH]4)nc3)c2)CC1. The molecule has 3 aromatic rings. The fourth-order valence-corrected chi connectivity index (χ4v) is 3.80. The van der Waals surface area contributed by atoms with Crippen LogP contribution >= 0.6 is 0 Å². The van der Waals surface area contributed by atoms with Gasteiger partial charge in [-0.25, -0.2) is 0 Å². The molecule has 0 aliphatic heterocycles. The van der Waals surface area contributed by atoms with Crippen molar-refractivity contribution in [1.29, 1.82) is 0 Å². The zero-order chi connectivity index (χ0) is 19.3. The van der Waals surface area contributed by atoms with Gasteiger partial charge in [0.05, 0.1) is 23.5 Å². The number of nitrogens with zero attached hydrogens (tertiary/aromatic N) is 2. The van der Waals surface area contributed by atoms with Crippen molar-refractivity contribution in [3.63, 3.8) is 0 Å². The lowest BCUT2D eigenvalue weighted by Gasteiger charge is -2.26. The van der Waals surface area contributed by atoms with Crippen molar-refractivity contribution in [3.8, 4) is 17.1 Å². The molecule has 144 valence electrons. The summed E-state index contributed by atoms with van der Waals surface area (Å²) < 4.78 is 5.89. The molecule has 0 atom stereocenters. The third-order valence-electron chi connectivity index (χ3n) is 5.42. The Bertz CT molecular complexity index is 914. The lowest BCUT2D eigenvalue weighted by molar-refractivity contribution is -0.142. The summed E-state index contributed by atoms with van der Waals surface area (Å²) in [5.74, 6) is 0.314. The van der Waals surface area contributed by atoms with E-state index in [1.807, 2.05) is 18.2 Å². The van der Waals surface area contributed by atoms with Gasteiger partial charge in [-0.3, -0.25) is 14.9 Å². The van der Waals surface area contributed by atoms with Crippen LogP contribution in [0.3, 0.4) is 0 Å². The van der Waals surface area contributed by atoms with Gasteiger partial charge in [-0.15, -0.1) is 0 Å². The fourth-order valence-electron chi connectivity index (χ4n) is 3.80. The maximum atomic E-state index is 11.1. The number of aliphatic carboxylic acids is 1. The van der Waals surface area contributed by atoms with Gasteiger partial charge in [0.15, 0.2) is 0 Å². The van der Waals surface area contributed by atoms with Crippen molar-refractivity contribution in [2.75, 3.05) is 0 Å². The molecule has 0 unspecified atom stereocenters. The minimum absolute atomic E-state index is 0.181. The monoisotopic (exact) mass is 377 g/mol. The number of carboxylic acids is 1. The lowest BCUT2D eigenvalue weighted by atomic mass is 9.78. The van der Waals surface area contributed by atoms with E-state index in [2.05, 4.69) is 39.4 Å². The summed E-state index contributed by atoms with van der Waals surface area (Å²) in [7, 11) is 0. The van der Waals surface area contributed by atoms with E-state index < -0.39 is 5.97 Å².